The highest BCUT2D eigenvalue weighted by Crippen LogP contribution is 2.32. The van der Waals surface area contributed by atoms with E-state index in [1.165, 1.54) is 4.90 Å². The molecule has 1 aromatic carbocycles. The first-order chi connectivity index (χ1) is 11.1. The molecule has 2 heterocycles. The van der Waals surface area contributed by atoms with Gasteiger partial charge in [0.15, 0.2) is 0 Å². The molecule has 3 amide bonds. The Morgan fingerprint density at radius 1 is 1.26 bits per heavy atom. The molecule has 23 heavy (non-hydrogen) atoms. The van der Waals surface area contributed by atoms with E-state index in [0.717, 1.165) is 11.3 Å². The Hall–Kier alpha value is -2.41. The quantitative estimate of drug-likeness (QED) is 0.616. The van der Waals surface area contributed by atoms with Gasteiger partial charge in [-0.2, -0.15) is 0 Å². The van der Waals surface area contributed by atoms with Gasteiger partial charge in [0, 0.05) is 36.3 Å². The van der Waals surface area contributed by atoms with Crippen molar-refractivity contribution in [3.63, 3.8) is 0 Å². The van der Waals surface area contributed by atoms with Gasteiger partial charge in [-0.05, 0) is 25.0 Å². The Bertz CT molecular complexity index is 659. The predicted molar refractivity (Wildman–Crippen MR) is 81.1 cm³/mol. The summed E-state index contributed by atoms with van der Waals surface area (Å²) in [6.45, 7) is 0.733. The Morgan fingerprint density at radius 2 is 2.09 bits per heavy atom. The van der Waals surface area contributed by atoms with Gasteiger partial charge in [-0.25, -0.2) is 5.11 Å². The summed E-state index contributed by atoms with van der Waals surface area (Å²) in [5.74, 6) is -0.902. The summed E-state index contributed by atoms with van der Waals surface area (Å²) < 4.78 is 0. The summed E-state index contributed by atoms with van der Waals surface area (Å²) in [6, 6.07) is 4.78. The molecule has 1 atom stereocenters. The lowest BCUT2D eigenvalue weighted by atomic mass is 10.0. The maximum absolute atomic E-state index is 12.6. The van der Waals surface area contributed by atoms with E-state index < -0.39 is 11.9 Å². The molecule has 1 fully saturated rings. The summed E-state index contributed by atoms with van der Waals surface area (Å²) in [6.07, 6.45) is 1.10. The summed E-state index contributed by atoms with van der Waals surface area (Å²) in [4.78, 5) is 37.4. The van der Waals surface area contributed by atoms with Crippen LogP contribution in [-0.4, -0.2) is 41.8 Å². The van der Waals surface area contributed by atoms with Crippen LogP contribution in [0.5, 0.6) is 0 Å². The molecule has 1 saturated heterocycles. The van der Waals surface area contributed by atoms with Crippen molar-refractivity contribution in [1.29, 1.82) is 0 Å². The lowest BCUT2D eigenvalue weighted by Crippen LogP contribution is -2.52. The van der Waals surface area contributed by atoms with Crippen LogP contribution in [0.4, 0.5) is 5.69 Å². The molecular weight excluding hydrogens is 298 g/mol. The molecule has 7 heteroatoms. The van der Waals surface area contributed by atoms with Gasteiger partial charge in [0.05, 0.1) is 6.61 Å². The summed E-state index contributed by atoms with van der Waals surface area (Å²) >= 11 is 0. The zero-order chi connectivity index (χ0) is 16.4. The van der Waals surface area contributed by atoms with Crippen LogP contribution in [0.1, 0.15) is 35.2 Å². The van der Waals surface area contributed by atoms with Gasteiger partial charge in [-0.1, -0.05) is 6.07 Å². The number of hydrogen-bond acceptors (Lipinski definition) is 4. The van der Waals surface area contributed by atoms with Gasteiger partial charge in [0.25, 0.3) is 5.91 Å². The molecule has 7 nitrogen and oxygen atoms in total. The van der Waals surface area contributed by atoms with Gasteiger partial charge in [-0.3, -0.25) is 19.7 Å². The van der Waals surface area contributed by atoms with E-state index in [9.17, 15) is 19.5 Å². The van der Waals surface area contributed by atoms with Crippen molar-refractivity contribution < 1.29 is 19.5 Å². The van der Waals surface area contributed by atoms with E-state index in [2.05, 4.69) is 10.6 Å². The van der Waals surface area contributed by atoms with Crippen molar-refractivity contribution in [2.24, 2.45) is 0 Å². The van der Waals surface area contributed by atoms with E-state index in [0.29, 0.717) is 31.5 Å². The van der Waals surface area contributed by atoms with E-state index >= 15 is 0 Å². The van der Waals surface area contributed by atoms with Crippen molar-refractivity contribution in [2.75, 3.05) is 18.5 Å². The van der Waals surface area contributed by atoms with Crippen molar-refractivity contribution in [2.45, 2.75) is 31.8 Å². The highest BCUT2D eigenvalue weighted by atomic mass is 16.3. The molecule has 0 aliphatic carbocycles. The number of imide groups is 1. The average molecular weight is 316 g/mol. The predicted octanol–water partition coefficient (Wildman–Crippen LogP) is 0.680. The number of rotatable bonds is 5. The van der Waals surface area contributed by atoms with Crippen LogP contribution in [-0.2, 0) is 21.2 Å². The third-order valence-corrected chi connectivity index (χ3v) is 4.22. The lowest BCUT2D eigenvalue weighted by molar-refractivity contribution is -0.136. The number of piperidine rings is 1. The Morgan fingerprint density at radius 3 is 2.83 bits per heavy atom. The maximum atomic E-state index is 12.6. The summed E-state index contributed by atoms with van der Waals surface area (Å²) in [5, 5.41) is 16.0. The molecule has 1 radical (unpaired) electrons. The van der Waals surface area contributed by atoms with Crippen molar-refractivity contribution in [3.05, 3.63) is 29.3 Å². The number of anilines is 1. The van der Waals surface area contributed by atoms with Crippen LogP contribution < -0.4 is 10.6 Å². The minimum absolute atomic E-state index is 0.149. The van der Waals surface area contributed by atoms with Crippen LogP contribution in [0.25, 0.3) is 0 Å². The summed E-state index contributed by atoms with van der Waals surface area (Å²) in [5.41, 5.74) is 2.23. The third-order valence-electron chi connectivity index (χ3n) is 4.22. The smallest absolute Gasteiger partial charge is 0.255 e. The molecule has 2 N–H and O–H groups in total. The summed E-state index contributed by atoms with van der Waals surface area (Å²) in [7, 11) is 0. The number of nitrogens with zero attached hydrogens (tertiary/aromatic N) is 1. The largest absolute Gasteiger partial charge is 0.385 e. The van der Waals surface area contributed by atoms with Crippen LogP contribution in [0.2, 0.25) is 0 Å². The molecule has 121 valence electrons. The van der Waals surface area contributed by atoms with E-state index in [4.69, 9.17) is 0 Å². The SMILES string of the molecule is [O]CCCNc1cccc2c1CN(C1CCC(=O)NC1=O)C2=O. The molecule has 0 aromatic heterocycles. The Labute approximate surface area is 133 Å². The average Bonchev–Trinajstić information content (AvgIpc) is 2.86. The first-order valence-corrected chi connectivity index (χ1v) is 7.70. The second-order valence-corrected chi connectivity index (χ2v) is 5.72. The Balaban J connectivity index is 1.80. The highest BCUT2D eigenvalue weighted by molar-refractivity contribution is 6.06. The fraction of sp³-hybridized carbons (Fsp3) is 0.438. The monoisotopic (exact) mass is 316 g/mol. The van der Waals surface area contributed by atoms with Gasteiger partial charge >= 0.3 is 0 Å². The second kappa shape index (κ2) is 6.37. The van der Waals surface area contributed by atoms with Gasteiger partial charge in [0.2, 0.25) is 11.8 Å². The van der Waals surface area contributed by atoms with Crippen molar-refractivity contribution in [3.8, 4) is 0 Å². The van der Waals surface area contributed by atoms with E-state index in [1.807, 2.05) is 6.07 Å². The number of carbonyl (C=O) groups excluding carboxylic acids is 3. The van der Waals surface area contributed by atoms with Gasteiger partial charge in [0.1, 0.15) is 6.04 Å². The highest BCUT2D eigenvalue weighted by Gasteiger charge is 2.39. The molecule has 1 aromatic rings. The van der Waals surface area contributed by atoms with Crippen LogP contribution >= 0.6 is 0 Å². The minimum atomic E-state index is -0.609. The molecule has 0 bridgehead atoms. The third kappa shape index (κ3) is 2.92. The lowest BCUT2D eigenvalue weighted by Gasteiger charge is -2.29. The Kier molecular flexibility index (Phi) is 4.29. The molecular formula is C16H18N3O4. The number of hydrogen-bond donors (Lipinski definition) is 2. The fourth-order valence-electron chi connectivity index (χ4n) is 3.05. The van der Waals surface area contributed by atoms with Crippen molar-refractivity contribution >= 4 is 23.4 Å². The molecule has 1 unspecified atom stereocenters. The molecule has 2 aliphatic rings. The molecule has 3 rings (SSSR count). The molecule has 2 aliphatic heterocycles. The second-order valence-electron chi connectivity index (χ2n) is 5.72. The van der Waals surface area contributed by atoms with Crippen molar-refractivity contribution in [1.82, 2.24) is 10.2 Å². The number of benzene rings is 1. The molecule has 0 saturated carbocycles. The first kappa shape index (κ1) is 15.5. The minimum Gasteiger partial charge on any atom is -0.385 e. The number of fused-ring (bicyclic) bond motifs is 1. The van der Waals surface area contributed by atoms with E-state index in [-0.39, 0.29) is 24.8 Å². The normalized spacial score (nSPS) is 20.5. The van der Waals surface area contributed by atoms with Crippen LogP contribution in [0, 0.1) is 0 Å². The number of carbonyl (C=O) groups is 3. The fourth-order valence-corrected chi connectivity index (χ4v) is 3.05. The zero-order valence-electron chi connectivity index (χ0n) is 12.6. The first-order valence-electron chi connectivity index (χ1n) is 7.70. The maximum Gasteiger partial charge on any atom is 0.255 e. The van der Waals surface area contributed by atoms with Crippen LogP contribution in [0.15, 0.2) is 18.2 Å². The standard InChI is InChI=1S/C16H18N3O4/c20-8-2-7-17-12-4-1-3-10-11(12)9-19(16(10)23)13-5-6-14(21)18-15(13)22/h1,3-4,13,17H,2,5-9H2,(H,18,21,22). The van der Waals surface area contributed by atoms with Gasteiger partial charge in [-0.15, -0.1) is 0 Å². The molecule has 0 spiro atoms. The van der Waals surface area contributed by atoms with Gasteiger partial charge < -0.3 is 10.2 Å². The van der Waals surface area contributed by atoms with E-state index in [1.54, 1.807) is 12.1 Å². The topological polar surface area (TPSA) is 98.4 Å². The van der Waals surface area contributed by atoms with Crippen LogP contribution in [0.3, 0.4) is 0 Å². The number of amides is 3. The zero-order valence-corrected chi connectivity index (χ0v) is 12.6. The number of nitrogens with one attached hydrogen (secondary N) is 2.